The highest BCUT2D eigenvalue weighted by molar-refractivity contribution is 5.85. The van der Waals surface area contributed by atoms with Gasteiger partial charge in [-0.1, -0.05) is 12.2 Å². The summed E-state index contributed by atoms with van der Waals surface area (Å²) < 4.78 is 5.95. The van der Waals surface area contributed by atoms with Crippen LogP contribution in [0.3, 0.4) is 0 Å². The van der Waals surface area contributed by atoms with Gasteiger partial charge < -0.3 is 20.1 Å². The maximum Gasteiger partial charge on any atom is 0.315 e. The molecule has 5 aliphatic rings. The lowest BCUT2D eigenvalue weighted by atomic mass is 9.59. The van der Waals surface area contributed by atoms with Crippen LogP contribution in [0.25, 0.3) is 0 Å². The zero-order chi connectivity index (χ0) is 17.9. The Morgan fingerprint density at radius 1 is 1.36 bits per heavy atom. The van der Waals surface area contributed by atoms with Crippen molar-refractivity contribution in [1.82, 2.24) is 0 Å². The van der Waals surface area contributed by atoms with E-state index in [1.165, 1.54) is 0 Å². The van der Waals surface area contributed by atoms with Gasteiger partial charge in [-0.25, -0.2) is 0 Å². The summed E-state index contributed by atoms with van der Waals surface area (Å²) in [4.78, 5) is 25.1. The number of carbonyl (C=O) groups is 2. The summed E-state index contributed by atoms with van der Waals surface area (Å²) in [6, 6.07) is 0. The third-order valence-corrected chi connectivity index (χ3v) is 8.52. The number of fused-ring (bicyclic) bond motifs is 1. The molecule has 1 spiro atoms. The summed E-state index contributed by atoms with van der Waals surface area (Å²) in [5, 5.41) is 31.4. The third-order valence-electron chi connectivity index (χ3n) is 8.52. The second-order valence-electron chi connectivity index (χ2n) is 9.21. The van der Waals surface area contributed by atoms with Crippen molar-refractivity contribution in [3.63, 3.8) is 0 Å². The van der Waals surface area contributed by atoms with Crippen molar-refractivity contribution >= 4 is 11.9 Å². The second-order valence-corrected chi connectivity index (χ2v) is 9.21. The van der Waals surface area contributed by atoms with Gasteiger partial charge in [-0.15, -0.1) is 0 Å². The maximum absolute atomic E-state index is 12.7. The van der Waals surface area contributed by atoms with Crippen LogP contribution in [0.2, 0.25) is 0 Å². The summed E-state index contributed by atoms with van der Waals surface area (Å²) in [6.07, 6.45) is 1.06. The van der Waals surface area contributed by atoms with Gasteiger partial charge in [-0.05, 0) is 44.4 Å². The predicted octanol–water partition coefficient (Wildman–Crippen LogP) is 1.11. The Morgan fingerprint density at radius 2 is 2.08 bits per heavy atom. The first-order valence-electron chi connectivity index (χ1n) is 9.18. The fourth-order valence-electron chi connectivity index (χ4n) is 7.64. The van der Waals surface area contributed by atoms with Crippen LogP contribution in [-0.2, 0) is 14.3 Å². The fraction of sp³-hybridized carbons (Fsp3) is 0.789. The molecule has 5 fully saturated rings. The number of ether oxygens (including phenoxy) is 1. The number of aliphatic hydroxyl groups excluding tert-OH is 2. The van der Waals surface area contributed by atoms with Crippen LogP contribution in [0.4, 0.5) is 0 Å². The standard InChI is InChI=1S/C19H24O6/c1-8-6-18-7-9(8)10(20)5-11(18)19-4-3-12(21)17(2,16(24)25-19)14(19)13(18)15(22)23/h9-14,20-21H,1,3-7H2,2H3,(H,22,23)/t9?,10-,11+,12-,13+,14+,17+,18-,19+/m0/s1. The van der Waals surface area contributed by atoms with Gasteiger partial charge in [0.1, 0.15) is 5.60 Å². The second kappa shape index (κ2) is 4.29. The van der Waals surface area contributed by atoms with E-state index in [1.54, 1.807) is 6.92 Å². The van der Waals surface area contributed by atoms with Crippen molar-refractivity contribution in [2.24, 2.45) is 34.5 Å². The quantitative estimate of drug-likeness (QED) is 0.484. The van der Waals surface area contributed by atoms with Gasteiger partial charge in [0.2, 0.25) is 0 Å². The van der Waals surface area contributed by atoms with Crippen molar-refractivity contribution < 1.29 is 29.6 Å². The molecular weight excluding hydrogens is 324 g/mol. The molecule has 25 heavy (non-hydrogen) atoms. The minimum absolute atomic E-state index is 0.0680. The molecule has 3 N–H and O–H groups in total. The van der Waals surface area contributed by atoms with E-state index in [9.17, 15) is 24.9 Å². The summed E-state index contributed by atoms with van der Waals surface area (Å²) in [6.45, 7) is 5.78. The zero-order valence-corrected chi connectivity index (χ0v) is 14.3. The van der Waals surface area contributed by atoms with Crippen LogP contribution in [0.15, 0.2) is 12.2 Å². The van der Waals surface area contributed by atoms with Gasteiger partial charge in [0.25, 0.3) is 0 Å². The van der Waals surface area contributed by atoms with Crippen molar-refractivity contribution in [2.75, 3.05) is 0 Å². The lowest BCUT2D eigenvalue weighted by Crippen LogP contribution is -2.53. The van der Waals surface area contributed by atoms with E-state index in [2.05, 4.69) is 6.58 Å². The Hall–Kier alpha value is -1.40. The lowest BCUT2D eigenvalue weighted by molar-refractivity contribution is -0.164. The topological polar surface area (TPSA) is 104 Å². The number of aliphatic carboxylic acids is 1. The monoisotopic (exact) mass is 348 g/mol. The molecule has 0 amide bonds. The molecule has 1 saturated heterocycles. The fourth-order valence-corrected chi connectivity index (χ4v) is 7.64. The van der Waals surface area contributed by atoms with E-state index >= 15 is 0 Å². The summed E-state index contributed by atoms with van der Waals surface area (Å²) in [5.41, 5.74) is -1.66. The molecule has 4 saturated carbocycles. The number of carbonyl (C=O) groups excluding carboxylic acids is 1. The number of hydrogen-bond donors (Lipinski definition) is 3. The first-order valence-corrected chi connectivity index (χ1v) is 9.18. The summed E-state index contributed by atoms with van der Waals surface area (Å²) >= 11 is 0. The zero-order valence-electron chi connectivity index (χ0n) is 14.3. The molecule has 4 bridgehead atoms. The van der Waals surface area contributed by atoms with E-state index in [4.69, 9.17) is 4.74 Å². The first-order chi connectivity index (χ1) is 11.7. The van der Waals surface area contributed by atoms with Crippen molar-refractivity contribution in [1.29, 1.82) is 0 Å². The molecule has 9 atom stereocenters. The highest BCUT2D eigenvalue weighted by Gasteiger charge is 2.83. The first kappa shape index (κ1) is 15.8. The third kappa shape index (κ3) is 1.44. The number of hydrogen-bond acceptors (Lipinski definition) is 5. The minimum Gasteiger partial charge on any atom is -0.481 e. The Labute approximate surface area is 145 Å². The average molecular weight is 348 g/mol. The predicted molar refractivity (Wildman–Crippen MR) is 85.2 cm³/mol. The van der Waals surface area contributed by atoms with Crippen LogP contribution < -0.4 is 0 Å². The highest BCUT2D eigenvalue weighted by Crippen LogP contribution is 2.77. The molecule has 6 heteroatoms. The highest BCUT2D eigenvalue weighted by atomic mass is 16.6. The molecule has 1 aliphatic heterocycles. The number of esters is 1. The normalized spacial score (nSPS) is 58.7. The van der Waals surface area contributed by atoms with Crippen molar-refractivity contribution in [3.8, 4) is 0 Å². The average Bonchev–Trinajstić information content (AvgIpc) is 3.02. The molecule has 5 rings (SSSR count). The molecule has 136 valence electrons. The van der Waals surface area contributed by atoms with Crippen LogP contribution in [0, 0.1) is 34.5 Å². The summed E-state index contributed by atoms with van der Waals surface area (Å²) in [5.74, 6) is -2.94. The molecule has 0 aromatic heterocycles. The van der Waals surface area contributed by atoms with Gasteiger partial charge >= 0.3 is 11.9 Å². The van der Waals surface area contributed by atoms with Crippen LogP contribution in [0.1, 0.15) is 39.0 Å². The molecule has 0 radical (unpaired) electrons. The minimum atomic E-state index is -1.18. The van der Waals surface area contributed by atoms with Gasteiger partial charge in [-0.3, -0.25) is 9.59 Å². The Morgan fingerprint density at radius 3 is 2.76 bits per heavy atom. The van der Waals surface area contributed by atoms with Crippen LogP contribution in [0.5, 0.6) is 0 Å². The van der Waals surface area contributed by atoms with Gasteiger partial charge in [0, 0.05) is 17.8 Å². The van der Waals surface area contributed by atoms with Crippen LogP contribution in [-0.4, -0.2) is 45.1 Å². The summed E-state index contributed by atoms with van der Waals surface area (Å²) in [7, 11) is 0. The van der Waals surface area contributed by atoms with Crippen molar-refractivity contribution in [2.45, 2.75) is 56.8 Å². The number of carboxylic acid groups (broad SMARTS) is 1. The van der Waals surface area contributed by atoms with Crippen molar-refractivity contribution in [3.05, 3.63) is 12.2 Å². The van der Waals surface area contributed by atoms with Gasteiger partial charge in [0.15, 0.2) is 0 Å². The molecule has 1 unspecified atom stereocenters. The van der Waals surface area contributed by atoms with E-state index in [0.29, 0.717) is 32.1 Å². The number of carboxylic acids is 1. The largest absolute Gasteiger partial charge is 0.481 e. The Kier molecular flexibility index (Phi) is 2.71. The number of rotatable bonds is 1. The van der Waals surface area contributed by atoms with E-state index in [1.807, 2.05) is 0 Å². The lowest BCUT2D eigenvalue weighted by Gasteiger charge is -2.45. The smallest absolute Gasteiger partial charge is 0.315 e. The van der Waals surface area contributed by atoms with E-state index < -0.39 is 52.4 Å². The van der Waals surface area contributed by atoms with Crippen LogP contribution >= 0.6 is 0 Å². The maximum atomic E-state index is 12.7. The SMILES string of the molecule is C=C1C[C@]23CC1[C@@H](O)C[C@H]2[C@@]12CC[C@H](O)[C@@](C)(C(=O)O1)[C@H]2[C@@H]3C(=O)O. The molecular formula is C19H24O6. The number of aliphatic hydroxyl groups is 2. The molecule has 1 heterocycles. The molecule has 4 aliphatic carbocycles. The van der Waals surface area contributed by atoms with Gasteiger partial charge in [-0.2, -0.15) is 0 Å². The van der Waals surface area contributed by atoms with E-state index in [-0.39, 0.29) is 11.8 Å². The molecule has 0 aromatic rings. The molecule has 6 nitrogen and oxygen atoms in total. The van der Waals surface area contributed by atoms with E-state index in [0.717, 1.165) is 5.57 Å². The Bertz CT molecular complexity index is 717. The molecule has 0 aromatic carbocycles. The Balaban J connectivity index is 1.76. The van der Waals surface area contributed by atoms with Gasteiger partial charge in [0.05, 0.1) is 23.5 Å².